The summed E-state index contributed by atoms with van der Waals surface area (Å²) in [5.41, 5.74) is 1.64. The van der Waals surface area contributed by atoms with Crippen molar-refractivity contribution in [1.29, 1.82) is 0 Å². The molecule has 3 heterocycles. The Bertz CT molecular complexity index is 674. The van der Waals surface area contributed by atoms with Crippen molar-refractivity contribution in [1.82, 2.24) is 19.8 Å². The molecular formula is C19H28N4O3. The summed E-state index contributed by atoms with van der Waals surface area (Å²) in [5.74, 6) is 0.143. The molecule has 0 unspecified atom stereocenters. The van der Waals surface area contributed by atoms with Gasteiger partial charge in [0.05, 0.1) is 17.6 Å². The van der Waals surface area contributed by atoms with E-state index in [0.29, 0.717) is 38.9 Å². The number of amides is 2. The summed E-state index contributed by atoms with van der Waals surface area (Å²) in [6, 6.07) is 0. The van der Waals surface area contributed by atoms with Gasteiger partial charge in [0.2, 0.25) is 11.8 Å². The van der Waals surface area contributed by atoms with Crippen molar-refractivity contribution in [2.24, 2.45) is 0 Å². The Morgan fingerprint density at radius 2 is 2.04 bits per heavy atom. The lowest BCUT2D eigenvalue weighted by atomic mass is 9.78. The quantitative estimate of drug-likeness (QED) is 0.809. The van der Waals surface area contributed by atoms with Gasteiger partial charge in [-0.3, -0.25) is 9.59 Å². The minimum absolute atomic E-state index is 0.00759. The Hall–Kier alpha value is -2.15. The fourth-order valence-corrected chi connectivity index (χ4v) is 4.16. The summed E-state index contributed by atoms with van der Waals surface area (Å²) in [4.78, 5) is 36.7. The van der Waals surface area contributed by atoms with Crippen LogP contribution in [-0.2, 0) is 26.3 Å². The van der Waals surface area contributed by atoms with Gasteiger partial charge in [-0.25, -0.2) is 4.98 Å². The third kappa shape index (κ3) is 3.40. The zero-order valence-electron chi connectivity index (χ0n) is 15.7. The fraction of sp³-hybridized carbons (Fsp3) is 0.632. The average molecular weight is 360 g/mol. The van der Waals surface area contributed by atoms with Crippen molar-refractivity contribution in [3.63, 3.8) is 0 Å². The van der Waals surface area contributed by atoms with E-state index >= 15 is 0 Å². The number of rotatable bonds is 5. The molecule has 1 N–H and O–H groups in total. The van der Waals surface area contributed by atoms with E-state index in [0.717, 1.165) is 24.2 Å². The first-order valence-corrected chi connectivity index (χ1v) is 9.37. The van der Waals surface area contributed by atoms with E-state index in [2.05, 4.69) is 16.9 Å². The molecule has 142 valence electrons. The van der Waals surface area contributed by atoms with Gasteiger partial charge in [0.25, 0.3) is 0 Å². The topological polar surface area (TPSA) is 78.5 Å². The number of methoxy groups -OCH3 is 1. The van der Waals surface area contributed by atoms with Crippen LogP contribution in [0, 0.1) is 0 Å². The lowest BCUT2D eigenvalue weighted by molar-refractivity contribution is -0.147. The summed E-state index contributed by atoms with van der Waals surface area (Å²) < 4.78 is 5.08. The molecule has 26 heavy (non-hydrogen) atoms. The van der Waals surface area contributed by atoms with Crippen LogP contribution in [0.2, 0.25) is 0 Å². The lowest BCUT2D eigenvalue weighted by Gasteiger charge is -2.50. The Morgan fingerprint density at radius 3 is 2.73 bits per heavy atom. The molecule has 1 spiro atoms. The highest BCUT2D eigenvalue weighted by Gasteiger charge is 2.48. The molecule has 2 amide bonds. The second-order valence-corrected chi connectivity index (χ2v) is 6.95. The fourth-order valence-electron chi connectivity index (χ4n) is 4.16. The molecule has 7 nitrogen and oxygen atoms in total. The van der Waals surface area contributed by atoms with E-state index in [-0.39, 0.29) is 18.4 Å². The first-order valence-electron chi connectivity index (χ1n) is 9.37. The summed E-state index contributed by atoms with van der Waals surface area (Å²) in [5, 5.41) is 0. The molecule has 0 atom stereocenters. The predicted octanol–water partition coefficient (Wildman–Crippen LogP) is 1.61. The van der Waals surface area contributed by atoms with Crippen molar-refractivity contribution in [3.8, 4) is 0 Å². The zero-order chi connectivity index (χ0) is 18.6. The van der Waals surface area contributed by atoms with Gasteiger partial charge in [0.15, 0.2) is 0 Å². The molecule has 2 aliphatic heterocycles. The van der Waals surface area contributed by atoms with Crippen molar-refractivity contribution < 1.29 is 14.3 Å². The zero-order valence-corrected chi connectivity index (χ0v) is 15.7. The van der Waals surface area contributed by atoms with Crippen LogP contribution in [0.15, 0.2) is 18.5 Å². The molecule has 7 heteroatoms. The second-order valence-electron chi connectivity index (χ2n) is 6.95. The number of aromatic nitrogens is 2. The van der Waals surface area contributed by atoms with Crippen LogP contribution in [0.25, 0.3) is 0 Å². The summed E-state index contributed by atoms with van der Waals surface area (Å²) in [6.07, 6.45) is 9.25. The third-order valence-electron chi connectivity index (χ3n) is 5.47. The highest BCUT2D eigenvalue weighted by molar-refractivity contribution is 5.80. The van der Waals surface area contributed by atoms with Gasteiger partial charge in [0.1, 0.15) is 6.61 Å². The van der Waals surface area contributed by atoms with E-state index in [4.69, 9.17) is 4.74 Å². The molecule has 0 aromatic carbocycles. The van der Waals surface area contributed by atoms with Crippen LogP contribution in [0.1, 0.15) is 44.0 Å². The van der Waals surface area contributed by atoms with E-state index in [1.807, 2.05) is 22.0 Å². The number of hydrogen-bond acceptors (Lipinski definition) is 4. The standard InChI is InChI=1S/C19H28N4O3/c1-3-4-5-6-16(24)22-11-8-19(9-12-22)18-15(20-14-21-18)7-10-23(19)17(25)13-26-2/h4-5,14H,3,6-13H2,1-2H3,(H,20,21)/b5-4+. The normalized spacial score (nSPS) is 19.2. The number of piperidine rings is 1. The van der Waals surface area contributed by atoms with E-state index in [1.54, 1.807) is 13.4 Å². The van der Waals surface area contributed by atoms with Crippen LogP contribution in [-0.4, -0.2) is 64.9 Å². The number of hydrogen-bond donors (Lipinski definition) is 1. The van der Waals surface area contributed by atoms with Crippen molar-refractivity contribution in [3.05, 3.63) is 29.9 Å². The minimum atomic E-state index is -0.431. The Balaban J connectivity index is 1.77. The SMILES string of the molecule is CC/C=C/CC(=O)N1CCC2(CC1)c1nc[nH]c1CCN2C(=O)COC. The van der Waals surface area contributed by atoms with Crippen LogP contribution in [0.3, 0.4) is 0 Å². The van der Waals surface area contributed by atoms with Crippen molar-refractivity contribution in [2.75, 3.05) is 33.4 Å². The van der Waals surface area contributed by atoms with Gasteiger partial charge in [-0.05, 0) is 19.3 Å². The Morgan fingerprint density at radius 1 is 1.27 bits per heavy atom. The highest BCUT2D eigenvalue weighted by atomic mass is 16.5. The van der Waals surface area contributed by atoms with Gasteiger partial charge in [-0.15, -0.1) is 0 Å². The van der Waals surface area contributed by atoms with Gasteiger partial charge < -0.3 is 19.5 Å². The number of nitrogens with zero attached hydrogens (tertiary/aromatic N) is 3. The molecule has 1 aromatic heterocycles. The number of allylic oxidation sites excluding steroid dienone is 1. The second kappa shape index (κ2) is 8.03. The Labute approximate surface area is 154 Å². The molecule has 2 aliphatic rings. The summed E-state index contributed by atoms with van der Waals surface area (Å²) in [6.45, 7) is 4.07. The van der Waals surface area contributed by atoms with Gasteiger partial charge in [-0.2, -0.15) is 0 Å². The third-order valence-corrected chi connectivity index (χ3v) is 5.47. The van der Waals surface area contributed by atoms with Gasteiger partial charge in [0, 0.05) is 45.3 Å². The molecular weight excluding hydrogens is 332 g/mol. The summed E-state index contributed by atoms with van der Waals surface area (Å²) in [7, 11) is 1.54. The monoisotopic (exact) mass is 360 g/mol. The number of aromatic amines is 1. The molecule has 0 radical (unpaired) electrons. The number of likely N-dealkylation sites (tertiary alicyclic amines) is 1. The van der Waals surface area contributed by atoms with Gasteiger partial charge in [-0.1, -0.05) is 19.1 Å². The number of ether oxygens (including phenoxy) is 1. The first-order chi connectivity index (χ1) is 12.6. The van der Waals surface area contributed by atoms with Gasteiger partial charge >= 0.3 is 0 Å². The number of imidazole rings is 1. The van der Waals surface area contributed by atoms with E-state index in [1.165, 1.54) is 0 Å². The molecule has 0 aliphatic carbocycles. The maximum Gasteiger partial charge on any atom is 0.249 e. The smallest absolute Gasteiger partial charge is 0.249 e. The molecule has 1 aromatic rings. The predicted molar refractivity (Wildman–Crippen MR) is 97.4 cm³/mol. The lowest BCUT2D eigenvalue weighted by Crippen LogP contribution is -2.59. The largest absolute Gasteiger partial charge is 0.375 e. The Kier molecular flexibility index (Phi) is 5.76. The molecule has 1 fully saturated rings. The molecule has 3 rings (SSSR count). The average Bonchev–Trinajstić information content (AvgIpc) is 3.13. The number of carbonyl (C=O) groups excluding carboxylic acids is 2. The number of carbonyl (C=O) groups is 2. The minimum Gasteiger partial charge on any atom is -0.375 e. The number of H-pyrrole nitrogens is 1. The maximum atomic E-state index is 12.7. The van der Waals surface area contributed by atoms with E-state index < -0.39 is 5.54 Å². The highest BCUT2D eigenvalue weighted by Crippen LogP contribution is 2.42. The van der Waals surface area contributed by atoms with Crippen LogP contribution in [0.4, 0.5) is 0 Å². The van der Waals surface area contributed by atoms with Crippen molar-refractivity contribution in [2.45, 2.75) is 44.6 Å². The van der Waals surface area contributed by atoms with Crippen LogP contribution >= 0.6 is 0 Å². The van der Waals surface area contributed by atoms with Crippen molar-refractivity contribution >= 4 is 11.8 Å². The molecule has 0 bridgehead atoms. The molecule has 0 saturated carbocycles. The van der Waals surface area contributed by atoms with Crippen LogP contribution < -0.4 is 0 Å². The summed E-state index contributed by atoms with van der Waals surface area (Å²) >= 11 is 0. The number of nitrogens with one attached hydrogen (secondary N) is 1. The molecule has 1 saturated heterocycles. The first kappa shape index (κ1) is 18.6. The van der Waals surface area contributed by atoms with E-state index in [9.17, 15) is 9.59 Å². The maximum absolute atomic E-state index is 12.7. The van der Waals surface area contributed by atoms with Crippen LogP contribution in [0.5, 0.6) is 0 Å². The number of fused-ring (bicyclic) bond motifs is 2.